The summed E-state index contributed by atoms with van der Waals surface area (Å²) in [5.74, 6) is -0.0579. The molecule has 0 bridgehead atoms. The van der Waals surface area contributed by atoms with Gasteiger partial charge < -0.3 is 10.6 Å². The molecule has 0 aliphatic rings. The Morgan fingerprint density at radius 1 is 1.24 bits per heavy atom. The molecule has 0 aliphatic heterocycles. The van der Waals surface area contributed by atoms with Gasteiger partial charge in [-0.1, -0.05) is 13.0 Å². The Hall–Kier alpha value is -2.08. The highest BCUT2D eigenvalue weighted by atomic mass is 19.1. The highest BCUT2D eigenvalue weighted by Gasteiger charge is 2.08. The Labute approximate surface area is 124 Å². The Balaban J connectivity index is 1.66. The number of pyridine rings is 1. The molecule has 0 saturated carbocycles. The number of hydrogen-bond acceptors (Lipinski definition) is 5. The van der Waals surface area contributed by atoms with Crippen molar-refractivity contribution in [1.82, 2.24) is 20.3 Å². The van der Waals surface area contributed by atoms with Crippen molar-refractivity contribution < 1.29 is 4.39 Å². The number of aryl methyl sites for hydroxylation is 1. The molecule has 2 aromatic heterocycles. The number of aromatic nitrogens is 3. The predicted molar refractivity (Wildman–Crippen MR) is 80.4 cm³/mol. The highest BCUT2D eigenvalue weighted by molar-refractivity contribution is 5.37. The van der Waals surface area contributed by atoms with Gasteiger partial charge in [0.15, 0.2) is 11.6 Å². The second-order valence-electron chi connectivity index (χ2n) is 4.65. The Morgan fingerprint density at radius 2 is 2.14 bits per heavy atom. The van der Waals surface area contributed by atoms with Crippen LogP contribution in [-0.2, 0) is 13.0 Å². The quantitative estimate of drug-likeness (QED) is 0.729. The summed E-state index contributed by atoms with van der Waals surface area (Å²) in [6, 6.07) is 3.95. The number of hydrogen-bond donors (Lipinski definition) is 2. The number of anilines is 1. The second-order valence-corrected chi connectivity index (χ2v) is 4.65. The minimum absolute atomic E-state index is 0.286. The van der Waals surface area contributed by atoms with Crippen molar-refractivity contribution in [3.63, 3.8) is 0 Å². The Morgan fingerprint density at radius 3 is 2.90 bits per heavy atom. The van der Waals surface area contributed by atoms with E-state index >= 15 is 0 Å². The van der Waals surface area contributed by atoms with Crippen molar-refractivity contribution >= 4 is 5.82 Å². The highest BCUT2D eigenvalue weighted by Crippen LogP contribution is 2.12. The molecule has 0 radical (unpaired) electrons. The van der Waals surface area contributed by atoms with E-state index in [0.29, 0.717) is 18.7 Å². The van der Waals surface area contributed by atoms with Gasteiger partial charge in [-0.25, -0.2) is 14.4 Å². The van der Waals surface area contributed by atoms with Gasteiger partial charge in [-0.3, -0.25) is 4.98 Å². The molecule has 0 amide bonds. The molecule has 0 fully saturated rings. The maximum atomic E-state index is 13.9. The maximum Gasteiger partial charge on any atom is 0.186 e. The van der Waals surface area contributed by atoms with Gasteiger partial charge in [0, 0.05) is 25.5 Å². The number of rotatable bonds is 8. The molecule has 2 heterocycles. The minimum atomic E-state index is -0.344. The molecule has 0 spiro atoms. The summed E-state index contributed by atoms with van der Waals surface area (Å²) in [6.45, 7) is 4.17. The molecule has 0 aliphatic carbocycles. The lowest BCUT2D eigenvalue weighted by Crippen LogP contribution is -2.18. The third kappa shape index (κ3) is 4.75. The van der Waals surface area contributed by atoms with E-state index in [4.69, 9.17) is 0 Å². The van der Waals surface area contributed by atoms with E-state index in [2.05, 4.69) is 25.6 Å². The monoisotopic (exact) mass is 289 g/mol. The summed E-state index contributed by atoms with van der Waals surface area (Å²) in [6.07, 6.45) is 6.44. The van der Waals surface area contributed by atoms with E-state index in [1.165, 1.54) is 6.33 Å². The summed E-state index contributed by atoms with van der Waals surface area (Å²) in [7, 11) is 0. The minimum Gasteiger partial charge on any atom is -0.367 e. The van der Waals surface area contributed by atoms with Crippen LogP contribution >= 0.6 is 0 Å². The zero-order valence-electron chi connectivity index (χ0n) is 12.1. The van der Waals surface area contributed by atoms with Crippen molar-refractivity contribution in [3.8, 4) is 0 Å². The van der Waals surface area contributed by atoms with Crippen LogP contribution in [0.25, 0.3) is 0 Å². The molecular weight excluding hydrogens is 269 g/mol. The molecule has 0 unspecified atom stereocenters. The first-order valence-electron chi connectivity index (χ1n) is 7.14. The van der Waals surface area contributed by atoms with Gasteiger partial charge in [-0.2, -0.15) is 0 Å². The molecular formula is C15H20FN5. The van der Waals surface area contributed by atoms with Crippen LogP contribution in [0.15, 0.2) is 30.9 Å². The molecule has 2 N–H and O–H groups in total. The first-order chi connectivity index (χ1) is 10.3. The summed E-state index contributed by atoms with van der Waals surface area (Å²) in [4.78, 5) is 11.9. The molecule has 0 saturated heterocycles. The molecule has 0 aromatic carbocycles. The van der Waals surface area contributed by atoms with E-state index in [0.717, 1.165) is 25.1 Å². The molecule has 2 aromatic rings. The van der Waals surface area contributed by atoms with E-state index < -0.39 is 0 Å². The van der Waals surface area contributed by atoms with E-state index in [1.54, 1.807) is 6.20 Å². The summed E-state index contributed by atoms with van der Waals surface area (Å²) in [5, 5.41) is 6.33. The summed E-state index contributed by atoms with van der Waals surface area (Å²) in [5.41, 5.74) is 1.60. The van der Waals surface area contributed by atoms with Crippen molar-refractivity contribution in [1.29, 1.82) is 0 Å². The number of nitrogens with zero attached hydrogens (tertiary/aromatic N) is 3. The van der Waals surface area contributed by atoms with Gasteiger partial charge >= 0.3 is 0 Å². The van der Waals surface area contributed by atoms with Gasteiger partial charge in [0.2, 0.25) is 0 Å². The van der Waals surface area contributed by atoms with E-state index in [9.17, 15) is 4.39 Å². The molecule has 6 heteroatoms. The van der Waals surface area contributed by atoms with Crippen molar-refractivity contribution in [2.45, 2.75) is 26.3 Å². The lowest BCUT2D eigenvalue weighted by atomic mass is 10.3. The van der Waals surface area contributed by atoms with Gasteiger partial charge in [0.05, 0.1) is 5.69 Å². The third-order valence-electron chi connectivity index (χ3n) is 3.07. The van der Waals surface area contributed by atoms with E-state index in [-0.39, 0.29) is 11.6 Å². The van der Waals surface area contributed by atoms with Crippen LogP contribution in [0.5, 0.6) is 0 Å². The average molecular weight is 289 g/mol. The molecule has 0 atom stereocenters. The number of halogens is 1. The normalized spacial score (nSPS) is 10.6. The zero-order valence-corrected chi connectivity index (χ0v) is 12.1. The predicted octanol–water partition coefficient (Wildman–Crippen LogP) is 2.16. The van der Waals surface area contributed by atoms with Crippen LogP contribution in [0, 0.1) is 5.82 Å². The summed E-state index contributed by atoms with van der Waals surface area (Å²) >= 11 is 0. The van der Waals surface area contributed by atoms with Crippen LogP contribution in [0.2, 0.25) is 0 Å². The Kier molecular flexibility index (Phi) is 6.02. The Bertz CT molecular complexity index is 547. The lowest BCUT2D eigenvalue weighted by molar-refractivity contribution is 0.594. The SMILES string of the molecule is CCc1ncnc(NCCCNCc2cccnc2)c1F. The largest absolute Gasteiger partial charge is 0.367 e. The van der Waals surface area contributed by atoms with Gasteiger partial charge in [0.25, 0.3) is 0 Å². The molecule has 5 nitrogen and oxygen atoms in total. The van der Waals surface area contributed by atoms with Crippen LogP contribution in [-0.4, -0.2) is 28.0 Å². The van der Waals surface area contributed by atoms with E-state index in [1.807, 2.05) is 25.3 Å². The standard InChI is InChI=1S/C15H20FN5/c1-2-13-14(16)15(21-11-20-13)19-8-4-7-18-10-12-5-3-6-17-9-12/h3,5-6,9,11,18H,2,4,7-8,10H2,1H3,(H,19,20,21). The topological polar surface area (TPSA) is 62.7 Å². The van der Waals surface area contributed by atoms with Gasteiger partial charge in [-0.15, -0.1) is 0 Å². The van der Waals surface area contributed by atoms with Crippen molar-refractivity contribution in [2.24, 2.45) is 0 Å². The van der Waals surface area contributed by atoms with Crippen LogP contribution in [0.1, 0.15) is 24.6 Å². The fourth-order valence-electron chi connectivity index (χ4n) is 1.93. The maximum absolute atomic E-state index is 13.9. The summed E-state index contributed by atoms with van der Waals surface area (Å²) < 4.78 is 13.9. The lowest BCUT2D eigenvalue weighted by Gasteiger charge is -2.08. The second kappa shape index (κ2) is 8.26. The molecule has 21 heavy (non-hydrogen) atoms. The van der Waals surface area contributed by atoms with Gasteiger partial charge in [-0.05, 0) is 31.0 Å². The zero-order chi connectivity index (χ0) is 14.9. The average Bonchev–Trinajstić information content (AvgIpc) is 2.53. The van der Waals surface area contributed by atoms with Crippen LogP contribution in [0.4, 0.5) is 10.2 Å². The first kappa shape index (κ1) is 15.3. The number of nitrogens with one attached hydrogen (secondary N) is 2. The molecule has 2 rings (SSSR count). The smallest absolute Gasteiger partial charge is 0.186 e. The van der Waals surface area contributed by atoms with Crippen molar-refractivity contribution in [2.75, 3.05) is 18.4 Å². The van der Waals surface area contributed by atoms with Crippen molar-refractivity contribution in [3.05, 3.63) is 47.9 Å². The fourth-order valence-corrected chi connectivity index (χ4v) is 1.93. The van der Waals surface area contributed by atoms with Gasteiger partial charge in [0.1, 0.15) is 6.33 Å². The van der Waals surface area contributed by atoms with Crippen LogP contribution in [0.3, 0.4) is 0 Å². The fraction of sp³-hybridized carbons (Fsp3) is 0.400. The molecule has 112 valence electrons. The van der Waals surface area contributed by atoms with Crippen LogP contribution < -0.4 is 10.6 Å². The third-order valence-corrected chi connectivity index (χ3v) is 3.07. The first-order valence-corrected chi connectivity index (χ1v) is 7.14.